The molecule has 1 aromatic rings. The normalized spacial score (nSPS) is 16.4. The summed E-state index contributed by atoms with van der Waals surface area (Å²) in [7, 11) is 0. The van der Waals surface area contributed by atoms with Gasteiger partial charge in [-0.15, -0.1) is 24.0 Å². The first-order valence-corrected chi connectivity index (χ1v) is 8.21. The van der Waals surface area contributed by atoms with Crippen molar-refractivity contribution in [1.82, 2.24) is 5.32 Å². The summed E-state index contributed by atoms with van der Waals surface area (Å²) in [6.45, 7) is 6.74. The molecule has 0 radical (unpaired) electrons. The minimum atomic E-state index is -0.442. The lowest BCUT2D eigenvalue weighted by Crippen LogP contribution is -2.57. The van der Waals surface area contributed by atoms with E-state index in [4.69, 9.17) is 0 Å². The van der Waals surface area contributed by atoms with Gasteiger partial charge in [-0.25, -0.2) is 0 Å². The molecule has 1 aliphatic heterocycles. The van der Waals surface area contributed by atoms with Crippen LogP contribution in [0.3, 0.4) is 0 Å². The number of hydrogen-bond acceptors (Lipinski definition) is 6. The van der Waals surface area contributed by atoms with Crippen LogP contribution in [0.1, 0.15) is 44.0 Å². The molecule has 0 bridgehead atoms. The number of aliphatic hydroxyl groups excluding tert-OH is 1. The van der Waals surface area contributed by atoms with Crippen molar-refractivity contribution in [2.75, 3.05) is 24.6 Å². The first-order valence-electron chi connectivity index (χ1n) is 8.21. The second-order valence-corrected chi connectivity index (χ2v) is 6.74. The average Bonchev–Trinajstić information content (AvgIpc) is 2.54. The predicted octanol–water partition coefficient (Wildman–Crippen LogP) is 2.74. The van der Waals surface area contributed by atoms with Crippen LogP contribution in [0.5, 0.6) is 0 Å². The van der Waals surface area contributed by atoms with E-state index in [0.717, 1.165) is 0 Å². The molecule has 0 spiro atoms. The zero-order valence-electron chi connectivity index (χ0n) is 14.8. The van der Waals surface area contributed by atoms with Gasteiger partial charge in [-0.1, -0.05) is 13.8 Å². The van der Waals surface area contributed by atoms with Crippen molar-refractivity contribution in [2.24, 2.45) is 0 Å². The minimum absolute atomic E-state index is 0. The van der Waals surface area contributed by atoms with Gasteiger partial charge >= 0.3 is 0 Å². The van der Waals surface area contributed by atoms with Crippen LogP contribution in [0.15, 0.2) is 18.2 Å². The van der Waals surface area contributed by atoms with Gasteiger partial charge in [-0.2, -0.15) is 0 Å². The number of aliphatic hydroxyl groups is 1. The SMILES string of the molecule is CC(=O)c1ccc(N2CCC(CO)(NC(C)C)CC2)c([N+](=O)[O-])c1.I. The van der Waals surface area contributed by atoms with E-state index in [9.17, 15) is 20.0 Å². The van der Waals surface area contributed by atoms with Crippen molar-refractivity contribution in [3.63, 3.8) is 0 Å². The Morgan fingerprint density at radius 2 is 2.00 bits per heavy atom. The monoisotopic (exact) mass is 463 g/mol. The lowest BCUT2D eigenvalue weighted by molar-refractivity contribution is -0.384. The van der Waals surface area contributed by atoms with Crippen LogP contribution < -0.4 is 10.2 Å². The second kappa shape index (κ2) is 8.91. The third-order valence-corrected chi connectivity index (χ3v) is 4.54. The van der Waals surface area contributed by atoms with Crippen molar-refractivity contribution in [2.45, 2.75) is 45.2 Å². The highest BCUT2D eigenvalue weighted by Crippen LogP contribution is 2.33. The van der Waals surface area contributed by atoms with E-state index in [1.807, 2.05) is 18.7 Å². The number of nitro benzene ring substituents is 1. The van der Waals surface area contributed by atoms with Gasteiger partial charge in [-0.05, 0) is 31.9 Å². The summed E-state index contributed by atoms with van der Waals surface area (Å²) >= 11 is 0. The number of anilines is 1. The molecule has 1 fully saturated rings. The van der Waals surface area contributed by atoms with Crippen LogP contribution in [0.25, 0.3) is 0 Å². The number of benzene rings is 1. The molecule has 2 rings (SSSR count). The summed E-state index contributed by atoms with van der Waals surface area (Å²) in [5, 5.41) is 24.6. The number of nitro groups is 1. The summed E-state index contributed by atoms with van der Waals surface area (Å²) in [5.74, 6) is -0.191. The molecule has 0 aromatic heterocycles. The Bertz CT molecular complexity index is 628. The van der Waals surface area contributed by atoms with Gasteiger partial charge in [0.05, 0.1) is 11.5 Å². The van der Waals surface area contributed by atoms with E-state index >= 15 is 0 Å². The fourth-order valence-electron chi connectivity index (χ4n) is 3.29. The first kappa shape index (κ1) is 21.8. The van der Waals surface area contributed by atoms with Crippen molar-refractivity contribution >= 4 is 41.1 Å². The average molecular weight is 463 g/mol. The van der Waals surface area contributed by atoms with Crippen LogP contribution in [0.2, 0.25) is 0 Å². The molecule has 0 atom stereocenters. The van der Waals surface area contributed by atoms with Crippen LogP contribution in [0, 0.1) is 10.1 Å². The summed E-state index contributed by atoms with van der Waals surface area (Å²) in [5.41, 5.74) is 0.490. The van der Waals surface area contributed by atoms with Crippen LogP contribution in [-0.2, 0) is 0 Å². The number of rotatable bonds is 6. The van der Waals surface area contributed by atoms with E-state index in [1.54, 1.807) is 12.1 Å². The van der Waals surface area contributed by atoms with E-state index in [2.05, 4.69) is 5.32 Å². The van der Waals surface area contributed by atoms with Crippen molar-refractivity contribution < 1.29 is 14.8 Å². The van der Waals surface area contributed by atoms with Crippen LogP contribution in [-0.4, -0.2) is 47.1 Å². The Kier molecular flexibility index (Phi) is 7.76. The zero-order valence-corrected chi connectivity index (χ0v) is 17.1. The largest absolute Gasteiger partial charge is 0.394 e. The number of carbonyl (C=O) groups excluding carboxylic acids is 1. The molecule has 0 amide bonds. The summed E-state index contributed by atoms with van der Waals surface area (Å²) in [4.78, 5) is 24.4. The molecule has 0 unspecified atom stereocenters. The number of nitrogens with one attached hydrogen (secondary N) is 1. The summed E-state index contributed by atoms with van der Waals surface area (Å²) in [6.07, 6.45) is 1.40. The molecule has 1 aliphatic rings. The lowest BCUT2D eigenvalue weighted by atomic mass is 9.87. The maximum Gasteiger partial charge on any atom is 0.293 e. The van der Waals surface area contributed by atoms with Crippen molar-refractivity contribution in [3.8, 4) is 0 Å². The molecule has 7 nitrogen and oxygen atoms in total. The number of nitrogens with zero attached hydrogens (tertiary/aromatic N) is 2. The Balaban J connectivity index is 0.00000312. The molecule has 2 N–H and O–H groups in total. The Morgan fingerprint density at radius 1 is 1.40 bits per heavy atom. The predicted molar refractivity (Wildman–Crippen MR) is 108 cm³/mol. The quantitative estimate of drug-likeness (QED) is 0.292. The highest BCUT2D eigenvalue weighted by atomic mass is 127. The zero-order chi connectivity index (χ0) is 17.9. The van der Waals surface area contributed by atoms with Gasteiger partial charge < -0.3 is 15.3 Å². The maximum absolute atomic E-state index is 11.5. The van der Waals surface area contributed by atoms with E-state index in [-0.39, 0.29) is 53.6 Å². The van der Waals surface area contributed by atoms with E-state index in [0.29, 0.717) is 37.2 Å². The molecule has 1 heterocycles. The molecular weight excluding hydrogens is 437 g/mol. The molecule has 1 saturated heterocycles. The van der Waals surface area contributed by atoms with Gasteiger partial charge in [-0.3, -0.25) is 14.9 Å². The number of ketones is 1. The number of Topliss-reactive ketones (excluding diaryl/α,β-unsaturated/α-hetero) is 1. The summed E-state index contributed by atoms with van der Waals surface area (Å²) in [6, 6.07) is 4.88. The van der Waals surface area contributed by atoms with Gasteiger partial charge in [0.1, 0.15) is 5.69 Å². The molecule has 25 heavy (non-hydrogen) atoms. The van der Waals surface area contributed by atoms with Gasteiger partial charge in [0.15, 0.2) is 5.78 Å². The highest BCUT2D eigenvalue weighted by molar-refractivity contribution is 14.0. The highest BCUT2D eigenvalue weighted by Gasteiger charge is 2.35. The Hall–Kier alpha value is -1.26. The van der Waals surface area contributed by atoms with Crippen LogP contribution in [0.4, 0.5) is 11.4 Å². The van der Waals surface area contributed by atoms with Crippen molar-refractivity contribution in [1.29, 1.82) is 0 Å². The Morgan fingerprint density at radius 3 is 2.44 bits per heavy atom. The summed E-state index contributed by atoms with van der Waals surface area (Å²) < 4.78 is 0. The van der Waals surface area contributed by atoms with E-state index in [1.165, 1.54) is 13.0 Å². The fourth-order valence-corrected chi connectivity index (χ4v) is 3.29. The van der Waals surface area contributed by atoms with Gasteiger partial charge in [0.25, 0.3) is 5.69 Å². The minimum Gasteiger partial charge on any atom is -0.394 e. The molecule has 0 saturated carbocycles. The molecule has 8 heteroatoms. The molecule has 1 aromatic carbocycles. The molecule has 140 valence electrons. The third-order valence-electron chi connectivity index (χ3n) is 4.54. The number of halogens is 1. The van der Waals surface area contributed by atoms with Gasteiger partial charge in [0, 0.05) is 36.3 Å². The van der Waals surface area contributed by atoms with Gasteiger partial charge in [0.2, 0.25) is 0 Å². The van der Waals surface area contributed by atoms with Crippen LogP contribution >= 0.6 is 24.0 Å². The second-order valence-electron chi connectivity index (χ2n) is 6.74. The maximum atomic E-state index is 11.5. The smallest absolute Gasteiger partial charge is 0.293 e. The Labute approximate surface area is 165 Å². The third kappa shape index (κ3) is 5.11. The fraction of sp³-hybridized carbons (Fsp3) is 0.588. The lowest BCUT2D eigenvalue weighted by Gasteiger charge is -2.43. The molecular formula is C17H26IN3O4. The topological polar surface area (TPSA) is 95.7 Å². The van der Waals surface area contributed by atoms with E-state index < -0.39 is 4.92 Å². The number of hydrogen-bond donors (Lipinski definition) is 2. The standard InChI is InChI=1S/C17H25N3O4.HI/c1-12(2)18-17(11-21)6-8-19(9-7-17)15-5-4-14(13(3)22)10-16(15)20(23)24;/h4-5,10,12,18,21H,6-9,11H2,1-3H3;1H. The number of carbonyl (C=O) groups is 1. The van der Waals surface area contributed by atoms with Crippen molar-refractivity contribution in [3.05, 3.63) is 33.9 Å². The molecule has 0 aliphatic carbocycles. The first-order chi connectivity index (χ1) is 11.3. The number of piperidine rings is 1.